The summed E-state index contributed by atoms with van der Waals surface area (Å²) in [5.41, 5.74) is 10.7. The molecule has 0 bridgehead atoms. The lowest BCUT2D eigenvalue weighted by Gasteiger charge is -2.12. The van der Waals surface area contributed by atoms with Crippen molar-refractivity contribution in [2.45, 2.75) is 6.04 Å². The number of aromatic hydroxyl groups is 1. The van der Waals surface area contributed by atoms with Crippen LogP contribution in [0.3, 0.4) is 0 Å². The molecule has 0 saturated heterocycles. The number of hydrogen-bond acceptors (Lipinski definition) is 3. The molecule has 0 aromatic heterocycles. The van der Waals surface area contributed by atoms with E-state index >= 15 is 0 Å². The van der Waals surface area contributed by atoms with Gasteiger partial charge in [-0.25, -0.2) is 4.39 Å². The maximum absolute atomic E-state index is 13.1. The minimum Gasteiger partial charge on any atom is -0.506 e. The van der Waals surface area contributed by atoms with E-state index in [1.165, 1.54) is 6.07 Å². The molecule has 6 heteroatoms. The van der Waals surface area contributed by atoms with Crippen molar-refractivity contribution in [3.05, 3.63) is 28.5 Å². The largest absolute Gasteiger partial charge is 0.506 e. The monoisotopic (exact) mass is 240 g/mol. The predicted molar refractivity (Wildman–Crippen MR) is 56.3 cm³/mol. The van der Waals surface area contributed by atoms with Crippen molar-refractivity contribution in [2.24, 2.45) is 11.5 Å². The van der Waals surface area contributed by atoms with Gasteiger partial charge in [-0.1, -0.05) is 11.6 Å². The zero-order valence-electron chi connectivity index (χ0n) is 7.21. The highest BCUT2D eigenvalue weighted by atomic mass is 35.5. The van der Waals surface area contributed by atoms with Gasteiger partial charge in [0.2, 0.25) is 0 Å². The molecule has 1 atom stereocenters. The highest BCUT2D eigenvalue weighted by molar-refractivity contribution is 6.32. The molecule has 0 fully saturated rings. The third-order valence-corrected chi connectivity index (χ3v) is 2.04. The molecule has 5 N–H and O–H groups in total. The van der Waals surface area contributed by atoms with E-state index < -0.39 is 11.9 Å². The molecular formula is C8H11Cl2FN2O. The molecule has 80 valence electrons. The molecule has 0 aliphatic rings. The van der Waals surface area contributed by atoms with Crippen LogP contribution in [-0.2, 0) is 0 Å². The van der Waals surface area contributed by atoms with E-state index in [1.807, 2.05) is 0 Å². The van der Waals surface area contributed by atoms with Crippen LogP contribution >= 0.6 is 24.0 Å². The topological polar surface area (TPSA) is 72.3 Å². The molecule has 14 heavy (non-hydrogen) atoms. The van der Waals surface area contributed by atoms with Gasteiger partial charge in [-0.05, 0) is 12.1 Å². The number of hydrogen-bond donors (Lipinski definition) is 3. The van der Waals surface area contributed by atoms with Gasteiger partial charge in [-0.2, -0.15) is 0 Å². The summed E-state index contributed by atoms with van der Waals surface area (Å²) in [4.78, 5) is 0. The summed E-state index contributed by atoms with van der Waals surface area (Å²) in [5, 5.41) is 9.44. The Labute approximate surface area is 92.3 Å². The Morgan fingerprint density at radius 3 is 2.57 bits per heavy atom. The maximum atomic E-state index is 13.1. The molecule has 1 aromatic rings. The summed E-state index contributed by atoms with van der Waals surface area (Å²) in [6.07, 6.45) is 0. The standard InChI is InChI=1S/C8H10ClFN2O.ClH/c9-4-1-2-5(10)7(8(4)13)6(12)3-11;/h1-2,6,13H,3,11-12H2;1H/t6-;/m0./s1. The van der Waals surface area contributed by atoms with Crippen molar-refractivity contribution in [1.82, 2.24) is 0 Å². The lowest BCUT2D eigenvalue weighted by Crippen LogP contribution is -2.22. The second kappa shape index (κ2) is 5.36. The molecule has 0 saturated carbocycles. The van der Waals surface area contributed by atoms with Gasteiger partial charge in [0.1, 0.15) is 11.6 Å². The summed E-state index contributed by atoms with van der Waals surface area (Å²) >= 11 is 5.57. The molecular weight excluding hydrogens is 230 g/mol. The van der Waals surface area contributed by atoms with Gasteiger partial charge in [-0.15, -0.1) is 12.4 Å². The highest BCUT2D eigenvalue weighted by Gasteiger charge is 2.16. The van der Waals surface area contributed by atoms with Gasteiger partial charge in [0, 0.05) is 18.2 Å². The van der Waals surface area contributed by atoms with Gasteiger partial charge >= 0.3 is 0 Å². The second-order valence-corrected chi connectivity index (χ2v) is 3.04. The number of rotatable bonds is 2. The lowest BCUT2D eigenvalue weighted by molar-refractivity contribution is 0.450. The van der Waals surface area contributed by atoms with Crippen LogP contribution in [0.15, 0.2) is 12.1 Å². The minimum atomic E-state index is -0.737. The second-order valence-electron chi connectivity index (χ2n) is 2.63. The predicted octanol–water partition coefficient (Wildman–Crippen LogP) is 1.56. The molecule has 0 radical (unpaired) electrons. The summed E-state index contributed by atoms with van der Waals surface area (Å²) < 4.78 is 13.1. The van der Waals surface area contributed by atoms with Crippen molar-refractivity contribution in [3.63, 3.8) is 0 Å². The van der Waals surface area contributed by atoms with E-state index in [0.29, 0.717) is 0 Å². The molecule has 0 spiro atoms. The fraction of sp³-hybridized carbons (Fsp3) is 0.250. The number of phenols is 1. The van der Waals surface area contributed by atoms with Crippen LogP contribution in [0.25, 0.3) is 0 Å². The Morgan fingerprint density at radius 2 is 2.07 bits per heavy atom. The van der Waals surface area contributed by atoms with E-state index in [1.54, 1.807) is 0 Å². The minimum absolute atomic E-state index is 0. The summed E-state index contributed by atoms with van der Waals surface area (Å²) in [7, 11) is 0. The highest BCUT2D eigenvalue weighted by Crippen LogP contribution is 2.32. The molecule has 0 aliphatic carbocycles. The van der Waals surface area contributed by atoms with Crippen LogP contribution in [0.1, 0.15) is 11.6 Å². The van der Waals surface area contributed by atoms with Gasteiger partial charge in [0.05, 0.1) is 5.02 Å². The van der Waals surface area contributed by atoms with Crippen LogP contribution < -0.4 is 11.5 Å². The zero-order chi connectivity index (χ0) is 10.0. The van der Waals surface area contributed by atoms with Crippen LogP contribution in [-0.4, -0.2) is 11.7 Å². The summed E-state index contributed by atoms with van der Waals surface area (Å²) in [6, 6.07) is 1.67. The number of halogens is 3. The Morgan fingerprint density at radius 1 is 1.50 bits per heavy atom. The van der Waals surface area contributed by atoms with Crippen molar-refractivity contribution in [1.29, 1.82) is 0 Å². The van der Waals surface area contributed by atoms with Crippen molar-refractivity contribution in [2.75, 3.05) is 6.54 Å². The molecule has 0 heterocycles. The molecule has 0 unspecified atom stereocenters. The SMILES string of the molecule is Cl.NC[C@H](N)c1c(F)ccc(Cl)c1O. The maximum Gasteiger partial charge on any atom is 0.141 e. The normalized spacial score (nSPS) is 12.0. The van der Waals surface area contributed by atoms with E-state index in [9.17, 15) is 9.50 Å². The average molecular weight is 241 g/mol. The van der Waals surface area contributed by atoms with E-state index in [-0.39, 0.29) is 35.3 Å². The first-order valence-corrected chi connectivity index (χ1v) is 4.08. The van der Waals surface area contributed by atoms with Crippen LogP contribution in [0.4, 0.5) is 4.39 Å². The van der Waals surface area contributed by atoms with Gasteiger partial charge in [-0.3, -0.25) is 0 Å². The zero-order valence-corrected chi connectivity index (χ0v) is 8.78. The van der Waals surface area contributed by atoms with Crippen molar-refractivity contribution in [3.8, 4) is 5.75 Å². The first-order valence-electron chi connectivity index (χ1n) is 3.70. The Kier molecular flexibility index (Phi) is 5.15. The van der Waals surface area contributed by atoms with Gasteiger partial charge < -0.3 is 16.6 Å². The molecule has 0 aliphatic heterocycles. The fourth-order valence-corrected chi connectivity index (χ4v) is 1.19. The molecule has 1 aromatic carbocycles. The number of phenolic OH excluding ortho intramolecular Hbond substituents is 1. The van der Waals surface area contributed by atoms with E-state index in [4.69, 9.17) is 23.1 Å². The Bertz CT molecular complexity index is 322. The quantitative estimate of drug-likeness (QED) is 0.735. The average Bonchev–Trinajstić information content (AvgIpc) is 2.12. The summed E-state index contributed by atoms with van der Waals surface area (Å²) in [6.45, 7) is 0.0465. The van der Waals surface area contributed by atoms with Crippen LogP contribution in [0.5, 0.6) is 5.75 Å². The molecule has 0 amide bonds. The molecule has 3 nitrogen and oxygen atoms in total. The van der Waals surface area contributed by atoms with Gasteiger partial charge in [0.15, 0.2) is 0 Å². The number of benzene rings is 1. The van der Waals surface area contributed by atoms with E-state index in [2.05, 4.69) is 0 Å². The Hall–Kier alpha value is -0.550. The number of nitrogens with two attached hydrogens (primary N) is 2. The molecule has 1 rings (SSSR count). The third-order valence-electron chi connectivity index (χ3n) is 1.74. The summed E-state index contributed by atoms with van der Waals surface area (Å²) in [5.74, 6) is -0.931. The first-order chi connectivity index (χ1) is 6.07. The first kappa shape index (κ1) is 13.4. The fourth-order valence-electron chi connectivity index (χ4n) is 1.03. The Balaban J connectivity index is 0.00000169. The third kappa shape index (κ3) is 2.48. The van der Waals surface area contributed by atoms with Crippen LogP contribution in [0.2, 0.25) is 5.02 Å². The van der Waals surface area contributed by atoms with Crippen LogP contribution in [0, 0.1) is 5.82 Å². The van der Waals surface area contributed by atoms with Crippen molar-refractivity contribution >= 4 is 24.0 Å². The van der Waals surface area contributed by atoms with Gasteiger partial charge in [0.25, 0.3) is 0 Å². The lowest BCUT2D eigenvalue weighted by atomic mass is 10.1. The van der Waals surface area contributed by atoms with E-state index in [0.717, 1.165) is 6.07 Å². The smallest absolute Gasteiger partial charge is 0.141 e. The van der Waals surface area contributed by atoms with Crippen molar-refractivity contribution < 1.29 is 9.50 Å².